The Morgan fingerprint density at radius 1 is 0.886 bits per heavy atom. The van der Waals surface area contributed by atoms with Gasteiger partial charge in [-0.3, -0.25) is 0 Å². The number of piperidine rings is 1. The molecule has 5 nitrogen and oxygen atoms in total. The summed E-state index contributed by atoms with van der Waals surface area (Å²) in [5, 5.41) is 2.50. The molecule has 0 radical (unpaired) electrons. The van der Waals surface area contributed by atoms with Crippen molar-refractivity contribution in [3.63, 3.8) is 0 Å². The van der Waals surface area contributed by atoms with Crippen molar-refractivity contribution in [2.24, 2.45) is 0 Å². The zero-order chi connectivity index (χ0) is 24.2. The number of carbonyl (C=O) groups is 2. The molecule has 0 spiro atoms. The summed E-state index contributed by atoms with van der Waals surface area (Å²) in [6.45, 7) is 3.38. The number of carbonyl (C=O) groups excluding carboxylic acids is 2. The van der Waals surface area contributed by atoms with E-state index in [1.807, 2.05) is 36.4 Å². The first-order chi connectivity index (χ1) is 17.1. The van der Waals surface area contributed by atoms with Crippen LogP contribution >= 0.6 is 0 Å². The van der Waals surface area contributed by atoms with E-state index in [-0.39, 0.29) is 11.8 Å². The van der Waals surface area contributed by atoms with E-state index in [0.29, 0.717) is 16.7 Å². The molecule has 0 aliphatic carbocycles. The second-order valence-electron chi connectivity index (χ2n) is 9.01. The Bertz CT molecular complexity index is 1280. The SMILES string of the molecule is COc1cccc(-c2ccc3c(c2)/C(=C/[AsH]c2ccc(CN4CCCCC4)cc2)C(=O)NC3=O)c1. The zero-order valence-electron chi connectivity index (χ0n) is 19.8. The van der Waals surface area contributed by atoms with E-state index >= 15 is 0 Å². The number of likely N-dealkylation sites (tertiary alicyclic amines) is 1. The van der Waals surface area contributed by atoms with Crippen LogP contribution in [0.4, 0.5) is 0 Å². The standard InChI is InChI=1S/C29H29AsN2O3/c1-35-24-7-5-6-21(16-24)22-10-13-25-26(17-22)27(29(34)31-28(25)33)18-30-23-11-8-20(9-12-23)19-32-14-3-2-4-15-32/h5-13,16-18,30H,2-4,14-15,19H2,1H3,(H,31,33,34)/b27-18-. The van der Waals surface area contributed by atoms with Gasteiger partial charge in [0.15, 0.2) is 0 Å². The number of amides is 2. The first kappa shape index (κ1) is 23.6. The van der Waals surface area contributed by atoms with Crippen LogP contribution < -0.4 is 14.4 Å². The van der Waals surface area contributed by atoms with Crippen LogP contribution in [-0.2, 0) is 11.3 Å². The molecule has 0 saturated carbocycles. The molecule has 1 atom stereocenters. The summed E-state index contributed by atoms with van der Waals surface area (Å²) in [5.74, 6) is 0.0948. The second-order valence-corrected chi connectivity index (χ2v) is 11.4. The quantitative estimate of drug-likeness (QED) is 0.301. The summed E-state index contributed by atoms with van der Waals surface area (Å²) >= 11 is -0.698. The third kappa shape index (κ3) is 5.42. The van der Waals surface area contributed by atoms with Crippen LogP contribution in [0.3, 0.4) is 0 Å². The van der Waals surface area contributed by atoms with Crippen molar-refractivity contribution in [2.45, 2.75) is 25.8 Å². The van der Waals surface area contributed by atoms with Gasteiger partial charge >= 0.3 is 213 Å². The summed E-state index contributed by atoms with van der Waals surface area (Å²) in [4.78, 5) is 29.9. The Hall–Kier alpha value is -3.14. The van der Waals surface area contributed by atoms with Crippen molar-refractivity contribution in [3.05, 3.63) is 88.3 Å². The molecule has 178 valence electrons. The molecule has 2 heterocycles. The van der Waals surface area contributed by atoms with Crippen LogP contribution in [0.1, 0.15) is 40.7 Å². The van der Waals surface area contributed by atoms with Crippen molar-refractivity contribution < 1.29 is 14.3 Å². The Kier molecular flexibility index (Phi) is 7.17. The molecule has 1 fully saturated rings. The van der Waals surface area contributed by atoms with Crippen molar-refractivity contribution in [1.82, 2.24) is 10.2 Å². The van der Waals surface area contributed by atoms with Gasteiger partial charge in [0, 0.05) is 0 Å². The van der Waals surface area contributed by atoms with Gasteiger partial charge in [-0.2, -0.15) is 0 Å². The Balaban J connectivity index is 1.38. The van der Waals surface area contributed by atoms with Crippen molar-refractivity contribution in [1.29, 1.82) is 0 Å². The summed E-state index contributed by atoms with van der Waals surface area (Å²) in [6, 6.07) is 22.2. The Labute approximate surface area is 212 Å². The molecule has 1 unspecified atom stereocenters. The van der Waals surface area contributed by atoms with Crippen molar-refractivity contribution >= 4 is 37.5 Å². The number of nitrogens with one attached hydrogen (secondary N) is 1. The molecular weight excluding hydrogens is 499 g/mol. The third-order valence-corrected chi connectivity index (χ3v) is 8.93. The van der Waals surface area contributed by atoms with Gasteiger partial charge in [0.2, 0.25) is 0 Å². The van der Waals surface area contributed by atoms with Gasteiger partial charge in [-0.05, 0) is 0 Å². The first-order valence-corrected chi connectivity index (χ1v) is 14.3. The Morgan fingerprint density at radius 3 is 2.43 bits per heavy atom. The van der Waals surface area contributed by atoms with E-state index in [0.717, 1.165) is 23.4 Å². The fraction of sp³-hybridized carbons (Fsp3) is 0.241. The molecule has 1 saturated heterocycles. The van der Waals surface area contributed by atoms with E-state index < -0.39 is 15.8 Å². The zero-order valence-corrected chi connectivity index (χ0v) is 21.9. The number of imide groups is 1. The number of ether oxygens (including phenoxy) is 1. The van der Waals surface area contributed by atoms with Crippen LogP contribution in [0, 0.1) is 0 Å². The minimum atomic E-state index is -0.698. The van der Waals surface area contributed by atoms with Crippen LogP contribution in [-0.4, -0.2) is 52.7 Å². The van der Waals surface area contributed by atoms with Gasteiger partial charge in [-0.15, -0.1) is 0 Å². The van der Waals surface area contributed by atoms with Gasteiger partial charge in [0.05, 0.1) is 0 Å². The monoisotopic (exact) mass is 528 g/mol. The molecule has 3 aromatic rings. The number of hydrogen-bond donors (Lipinski definition) is 1. The fourth-order valence-electron chi connectivity index (χ4n) is 4.69. The number of rotatable bonds is 6. The second kappa shape index (κ2) is 10.6. The average molecular weight is 528 g/mol. The summed E-state index contributed by atoms with van der Waals surface area (Å²) in [5.41, 5.74) is 5.07. The van der Waals surface area contributed by atoms with Gasteiger partial charge in [-0.25, -0.2) is 0 Å². The Morgan fingerprint density at radius 2 is 1.66 bits per heavy atom. The van der Waals surface area contributed by atoms with E-state index in [4.69, 9.17) is 4.74 Å². The minimum absolute atomic E-state index is 0.323. The van der Waals surface area contributed by atoms with E-state index in [9.17, 15) is 9.59 Å². The van der Waals surface area contributed by atoms with E-state index in [1.54, 1.807) is 13.2 Å². The molecule has 35 heavy (non-hydrogen) atoms. The van der Waals surface area contributed by atoms with Crippen LogP contribution in [0.2, 0.25) is 0 Å². The third-order valence-electron chi connectivity index (χ3n) is 6.62. The number of benzene rings is 3. The maximum absolute atomic E-state index is 12.8. The van der Waals surface area contributed by atoms with Crippen LogP contribution in [0.25, 0.3) is 16.7 Å². The number of methoxy groups -OCH3 is 1. The topological polar surface area (TPSA) is 58.6 Å². The first-order valence-electron chi connectivity index (χ1n) is 12.0. The number of hydrogen-bond acceptors (Lipinski definition) is 4. The molecule has 0 bridgehead atoms. The maximum atomic E-state index is 12.8. The number of fused-ring (bicyclic) bond motifs is 1. The average Bonchev–Trinajstić information content (AvgIpc) is 2.90. The molecule has 2 amide bonds. The van der Waals surface area contributed by atoms with Crippen molar-refractivity contribution in [3.8, 4) is 16.9 Å². The molecule has 1 N–H and O–H groups in total. The summed E-state index contributed by atoms with van der Waals surface area (Å²) in [7, 11) is 1.64. The van der Waals surface area contributed by atoms with E-state index in [2.05, 4.69) is 39.3 Å². The van der Waals surface area contributed by atoms with Crippen LogP contribution in [0.5, 0.6) is 5.75 Å². The molecule has 2 aliphatic heterocycles. The molecule has 3 aromatic carbocycles. The summed E-state index contributed by atoms with van der Waals surface area (Å²) in [6.07, 6.45) is 3.94. The number of nitrogens with zero attached hydrogens (tertiary/aromatic N) is 1. The van der Waals surface area contributed by atoms with Crippen molar-refractivity contribution in [2.75, 3.05) is 20.2 Å². The molecular formula is C29H29AsN2O3. The fourth-order valence-corrected chi connectivity index (χ4v) is 6.70. The van der Waals surface area contributed by atoms with Crippen LogP contribution in [0.15, 0.2) is 71.6 Å². The van der Waals surface area contributed by atoms with Gasteiger partial charge in [0.1, 0.15) is 0 Å². The molecule has 6 heteroatoms. The van der Waals surface area contributed by atoms with Gasteiger partial charge in [0.25, 0.3) is 0 Å². The normalized spacial score (nSPS) is 17.6. The predicted molar refractivity (Wildman–Crippen MR) is 141 cm³/mol. The van der Waals surface area contributed by atoms with Gasteiger partial charge < -0.3 is 0 Å². The van der Waals surface area contributed by atoms with Gasteiger partial charge in [-0.1, -0.05) is 0 Å². The summed E-state index contributed by atoms with van der Waals surface area (Å²) < 4.78 is 6.61. The van der Waals surface area contributed by atoms with E-state index in [1.165, 1.54) is 42.3 Å². The molecule has 5 rings (SSSR count). The predicted octanol–water partition coefficient (Wildman–Crippen LogP) is 3.72. The molecule has 0 aromatic heterocycles. The molecule has 2 aliphatic rings.